The van der Waals surface area contributed by atoms with Gasteiger partial charge in [0.2, 0.25) is 0 Å². The van der Waals surface area contributed by atoms with Gasteiger partial charge in [-0.05, 0) is 58.6 Å². The predicted molar refractivity (Wildman–Crippen MR) is 159 cm³/mol. The molecule has 0 unspecified atom stereocenters. The van der Waals surface area contributed by atoms with Gasteiger partial charge in [0.05, 0.1) is 27.0 Å². The van der Waals surface area contributed by atoms with Gasteiger partial charge in [0.1, 0.15) is 5.75 Å². The molecule has 210 valence electrons. The molecule has 3 heterocycles. The second-order valence-electron chi connectivity index (χ2n) is 11.5. The van der Waals surface area contributed by atoms with Crippen LogP contribution in [-0.2, 0) is 15.1 Å². The summed E-state index contributed by atoms with van der Waals surface area (Å²) in [6, 6.07) is 12.6. The minimum absolute atomic E-state index is 0.00872. The van der Waals surface area contributed by atoms with E-state index in [4.69, 9.17) is 9.47 Å². The Labute approximate surface area is 240 Å². The van der Waals surface area contributed by atoms with Crippen LogP contribution in [0.25, 0.3) is 0 Å². The number of hydrazine groups is 2. The lowest BCUT2D eigenvalue weighted by atomic mass is 9.82. The van der Waals surface area contributed by atoms with E-state index in [1.54, 1.807) is 12.0 Å². The monoisotopic (exact) mass is 614 g/mol. The summed E-state index contributed by atoms with van der Waals surface area (Å²) >= 11 is 3.73. The van der Waals surface area contributed by atoms with Gasteiger partial charge in [-0.25, -0.2) is 0 Å². The van der Waals surface area contributed by atoms with E-state index in [2.05, 4.69) is 78.1 Å². The number of amides is 1. The maximum atomic E-state index is 14.2. The first kappa shape index (κ1) is 28.2. The molecule has 1 saturated heterocycles. The van der Waals surface area contributed by atoms with Gasteiger partial charge in [0, 0.05) is 54.5 Å². The van der Waals surface area contributed by atoms with Crippen LogP contribution in [0.2, 0.25) is 18.6 Å². The third-order valence-electron chi connectivity index (χ3n) is 8.86. The van der Waals surface area contributed by atoms with Gasteiger partial charge in [-0.2, -0.15) is 0 Å². The van der Waals surface area contributed by atoms with Gasteiger partial charge in [0.25, 0.3) is 5.91 Å². The third kappa shape index (κ3) is 4.60. The average molecular weight is 616 g/mol. The van der Waals surface area contributed by atoms with E-state index < -0.39 is 13.7 Å². The summed E-state index contributed by atoms with van der Waals surface area (Å²) < 4.78 is 13.5. The number of carbonyl (C=O) groups is 1. The molecule has 8 nitrogen and oxygen atoms in total. The number of methoxy groups -OCH3 is 1. The molecule has 2 aromatic rings. The zero-order valence-electron chi connectivity index (χ0n) is 23.5. The molecule has 0 bridgehead atoms. The molecule has 5 rings (SSSR count). The molecule has 3 aliphatic heterocycles. The number of nitrogens with one attached hydrogen (secondary N) is 2. The summed E-state index contributed by atoms with van der Waals surface area (Å²) in [5, 5.41) is 12.6. The number of carbonyl (C=O) groups excluding carboxylic acids is 1. The standard InChI is InChI=1S/C29H39BrN4O4Si/c1-18-15-23-26(24(30)16-18)33(3)28(36)29(23)19(2)27(39(5,6)22-9-7-21(37-4)8-10-22)25(38-29)11-13-34-17-20(12-14-35)31-32-34/h7-10,15-17,19,25,27,31-32,35H,11-14H2,1-6H3/t19-,25+,27-,29+/m0/s1. The molecular formula is C29H39BrN4O4Si. The maximum absolute atomic E-state index is 14.2. The summed E-state index contributed by atoms with van der Waals surface area (Å²) in [5.74, 6) is 0.822. The van der Waals surface area contributed by atoms with Crippen molar-refractivity contribution >= 4 is 40.8 Å². The van der Waals surface area contributed by atoms with Crippen LogP contribution in [0, 0.1) is 12.8 Å². The minimum Gasteiger partial charge on any atom is -0.497 e. The van der Waals surface area contributed by atoms with Gasteiger partial charge >= 0.3 is 0 Å². The number of ether oxygens (including phenoxy) is 2. The Morgan fingerprint density at radius 1 is 1.23 bits per heavy atom. The molecule has 3 N–H and O–H groups in total. The molecular weight excluding hydrogens is 576 g/mol. The molecule has 3 aliphatic rings. The van der Waals surface area contributed by atoms with Crippen molar-refractivity contribution in [2.75, 3.05) is 32.2 Å². The topological polar surface area (TPSA) is 86.3 Å². The second kappa shape index (κ2) is 10.6. The van der Waals surface area contributed by atoms with Gasteiger partial charge in [-0.3, -0.25) is 9.80 Å². The van der Waals surface area contributed by atoms with E-state index in [9.17, 15) is 9.90 Å². The van der Waals surface area contributed by atoms with E-state index in [0.29, 0.717) is 13.0 Å². The lowest BCUT2D eigenvalue weighted by Gasteiger charge is -2.37. The summed E-state index contributed by atoms with van der Waals surface area (Å²) in [7, 11) is 1.37. The fourth-order valence-corrected chi connectivity index (χ4v) is 11.8. The van der Waals surface area contributed by atoms with E-state index in [0.717, 1.165) is 39.2 Å². The number of likely N-dealkylation sites (N-methyl/N-ethyl adjacent to an activating group) is 1. The Bertz CT molecular complexity index is 1290. The van der Waals surface area contributed by atoms with Crippen molar-refractivity contribution in [2.24, 2.45) is 5.92 Å². The van der Waals surface area contributed by atoms with Crippen LogP contribution < -0.4 is 25.8 Å². The molecule has 2 aromatic carbocycles. The van der Waals surface area contributed by atoms with Crippen molar-refractivity contribution in [3.05, 3.63) is 63.9 Å². The van der Waals surface area contributed by atoms with Crippen LogP contribution in [0.15, 0.2) is 52.8 Å². The Kier molecular flexibility index (Phi) is 7.62. The molecule has 1 spiro atoms. The molecule has 0 aromatic heterocycles. The first-order valence-corrected chi connectivity index (χ1v) is 17.4. The van der Waals surface area contributed by atoms with E-state index in [1.165, 1.54) is 5.19 Å². The summed E-state index contributed by atoms with van der Waals surface area (Å²) in [6.45, 7) is 9.87. The van der Waals surface area contributed by atoms with Crippen molar-refractivity contribution in [3.8, 4) is 5.75 Å². The largest absolute Gasteiger partial charge is 0.497 e. The average Bonchev–Trinajstić information content (AvgIpc) is 3.54. The third-order valence-corrected chi connectivity index (χ3v) is 13.8. The van der Waals surface area contributed by atoms with Gasteiger partial charge in [-0.1, -0.05) is 43.4 Å². The number of hydrogen-bond acceptors (Lipinski definition) is 7. The number of benzene rings is 2. The Morgan fingerprint density at radius 2 is 1.95 bits per heavy atom. The SMILES string of the molecule is COc1ccc([Si](C)(C)[C@@H]2[C@@H](CCN3C=C(CCO)NN3)O[C@]3(C(=O)N(C)c4c(Br)cc(C)cc43)[C@H]2C)cc1. The highest BCUT2D eigenvalue weighted by molar-refractivity contribution is 9.10. The molecule has 10 heteroatoms. The molecule has 4 atom stereocenters. The van der Waals surface area contributed by atoms with Crippen LogP contribution in [0.5, 0.6) is 5.75 Å². The van der Waals surface area contributed by atoms with Crippen molar-refractivity contribution in [1.82, 2.24) is 16.0 Å². The Morgan fingerprint density at radius 3 is 2.62 bits per heavy atom. The number of anilines is 1. The summed E-state index contributed by atoms with van der Waals surface area (Å²) in [5.41, 5.74) is 9.37. The fourth-order valence-electron chi connectivity index (χ4n) is 6.94. The molecule has 39 heavy (non-hydrogen) atoms. The number of nitrogens with zero attached hydrogens (tertiary/aromatic N) is 2. The van der Waals surface area contributed by atoms with E-state index in [-0.39, 0.29) is 30.1 Å². The second-order valence-corrected chi connectivity index (χ2v) is 17.1. The smallest absolute Gasteiger partial charge is 0.264 e. The van der Waals surface area contributed by atoms with E-state index >= 15 is 0 Å². The number of aliphatic hydroxyl groups excluding tert-OH is 1. The Balaban J connectivity index is 1.55. The minimum atomic E-state index is -2.17. The zero-order chi connectivity index (χ0) is 28.1. The van der Waals surface area contributed by atoms with Crippen LogP contribution >= 0.6 is 15.9 Å². The number of aryl methyl sites for hydroxylation is 1. The first-order chi connectivity index (χ1) is 18.5. The number of halogens is 1. The highest BCUT2D eigenvalue weighted by atomic mass is 79.9. The summed E-state index contributed by atoms with van der Waals surface area (Å²) in [6.07, 6.45) is 3.19. The zero-order valence-corrected chi connectivity index (χ0v) is 26.1. The molecule has 0 saturated carbocycles. The van der Waals surface area contributed by atoms with Gasteiger partial charge in [-0.15, -0.1) is 5.53 Å². The molecule has 0 aliphatic carbocycles. The number of aliphatic hydroxyl groups is 1. The van der Waals surface area contributed by atoms with Crippen LogP contribution in [0.4, 0.5) is 5.69 Å². The lowest BCUT2D eigenvalue weighted by molar-refractivity contribution is -0.145. The van der Waals surface area contributed by atoms with Crippen molar-refractivity contribution in [3.63, 3.8) is 0 Å². The number of fused-ring (bicyclic) bond motifs is 2. The highest BCUT2D eigenvalue weighted by Gasteiger charge is 2.66. The molecule has 1 amide bonds. The van der Waals surface area contributed by atoms with Gasteiger partial charge in [0.15, 0.2) is 5.60 Å². The predicted octanol–water partition coefficient (Wildman–Crippen LogP) is 3.90. The van der Waals surface area contributed by atoms with Crippen molar-refractivity contribution < 1.29 is 19.4 Å². The number of rotatable bonds is 8. The van der Waals surface area contributed by atoms with Crippen molar-refractivity contribution in [1.29, 1.82) is 0 Å². The Hall–Kier alpha value is -2.37. The van der Waals surface area contributed by atoms with E-state index in [1.807, 2.05) is 30.4 Å². The maximum Gasteiger partial charge on any atom is 0.264 e. The number of hydrogen-bond donors (Lipinski definition) is 3. The molecule has 1 fully saturated rings. The normalized spacial score (nSPS) is 26.3. The first-order valence-electron chi connectivity index (χ1n) is 13.6. The van der Waals surface area contributed by atoms with Crippen LogP contribution in [0.3, 0.4) is 0 Å². The lowest BCUT2D eigenvalue weighted by Crippen LogP contribution is -2.52. The highest BCUT2D eigenvalue weighted by Crippen LogP contribution is 2.60. The fraction of sp³-hybridized carbons (Fsp3) is 0.483. The van der Waals surface area contributed by atoms with Crippen LogP contribution in [0.1, 0.15) is 30.9 Å². The molecule has 0 radical (unpaired) electrons. The summed E-state index contributed by atoms with van der Waals surface area (Å²) in [4.78, 5) is 16.0. The van der Waals surface area contributed by atoms with Crippen molar-refractivity contribution in [2.45, 2.75) is 57.0 Å². The quantitative estimate of drug-likeness (QED) is 0.389. The van der Waals surface area contributed by atoms with Crippen LogP contribution in [-0.4, -0.2) is 57.5 Å². The van der Waals surface area contributed by atoms with Gasteiger partial charge < -0.3 is 24.9 Å².